The van der Waals surface area contributed by atoms with Crippen LogP contribution in [0.3, 0.4) is 0 Å². The molecule has 0 unspecified atom stereocenters. The van der Waals surface area contributed by atoms with E-state index in [1.54, 1.807) is 18.2 Å². The molecule has 1 saturated heterocycles. The number of guanidine groups is 1. The molecule has 33 heavy (non-hydrogen) atoms. The molecule has 0 bridgehead atoms. The van der Waals surface area contributed by atoms with Crippen LogP contribution in [-0.2, 0) is 16.9 Å². The molecule has 6 heteroatoms. The van der Waals surface area contributed by atoms with Gasteiger partial charge in [0.15, 0.2) is 11.5 Å². The average Bonchev–Trinajstić information content (AvgIpc) is 3.09. The molecule has 1 heterocycles. The Balaban J connectivity index is 1.64. The zero-order valence-corrected chi connectivity index (χ0v) is 18.8. The third kappa shape index (κ3) is 4.37. The number of hydrogen-bond acceptors (Lipinski definition) is 3. The summed E-state index contributed by atoms with van der Waals surface area (Å²) < 4.78 is 0. The lowest BCUT2D eigenvalue weighted by Gasteiger charge is -2.28. The Morgan fingerprint density at radius 2 is 1.58 bits per heavy atom. The first-order chi connectivity index (χ1) is 15.9. The van der Waals surface area contributed by atoms with Crippen LogP contribution in [0.4, 0.5) is 0 Å². The molecule has 2 amide bonds. The van der Waals surface area contributed by atoms with Crippen molar-refractivity contribution < 1.29 is 9.59 Å². The van der Waals surface area contributed by atoms with Crippen molar-refractivity contribution in [3.63, 3.8) is 0 Å². The topological polar surface area (TPSA) is 85.3 Å². The lowest BCUT2D eigenvalue weighted by molar-refractivity contribution is -0.130. The molecule has 1 fully saturated rings. The Kier molecular flexibility index (Phi) is 6.27. The van der Waals surface area contributed by atoms with Gasteiger partial charge >= 0.3 is 0 Å². The molecule has 168 valence electrons. The third-order valence-corrected chi connectivity index (χ3v) is 5.76. The Bertz CT molecular complexity index is 1120. The van der Waals surface area contributed by atoms with Gasteiger partial charge in [0.05, 0.1) is 6.54 Å². The molecule has 4 rings (SSSR count). The van der Waals surface area contributed by atoms with Crippen molar-refractivity contribution in [1.82, 2.24) is 15.5 Å². The van der Waals surface area contributed by atoms with Crippen LogP contribution in [0.15, 0.2) is 84.9 Å². The van der Waals surface area contributed by atoms with Gasteiger partial charge in [-0.15, -0.1) is 0 Å². The second-order valence-corrected chi connectivity index (χ2v) is 8.65. The van der Waals surface area contributed by atoms with E-state index in [-0.39, 0.29) is 24.3 Å². The summed E-state index contributed by atoms with van der Waals surface area (Å²) in [6.07, 6.45) is 0. The first-order valence-electron chi connectivity index (χ1n) is 11.1. The van der Waals surface area contributed by atoms with Gasteiger partial charge in [-0.2, -0.15) is 0 Å². The molecular weight excluding hydrogens is 412 g/mol. The van der Waals surface area contributed by atoms with Crippen molar-refractivity contribution in [3.05, 3.63) is 107 Å². The van der Waals surface area contributed by atoms with Crippen molar-refractivity contribution in [2.24, 2.45) is 5.92 Å². The number of benzene rings is 3. The molecule has 3 aromatic carbocycles. The van der Waals surface area contributed by atoms with E-state index in [0.29, 0.717) is 18.0 Å². The molecule has 0 spiro atoms. The highest BCUT2D eigenvalue weighted by molar-refractivity contribution is 6.10. The number of amides is 2. The number of carbonyl (C=O) groups excluding carboxylic acids is 2. The van der Waals surface area contributed by atoms with Crippen LogP contribution in [0.25, 0.3) is 0 Å². The van der Waals surface area contributed by atoms with Crippen LogP contribution >= 0.6 is 0 Å². The summed E-state index contributed by atoms with van der Waals surface area (Å²) in [7, 11) is 0. The van der Waals surface area contributed by atoms with E-state index in [4.69, 9.17) is 5.41 Å². The maximum Gasteiger partial charge on any atom is 0.264 e. The van der Waals surface area contributed by atoms with Crippen LogP contribution in [0.2, 0.25) is 0 Å². The fourth-order valence-electron chi connectivity index (χ4n) is 4.08. The summed E-state index contributed by atoms with van der Waals surface area (Å²) in [5.41, 5.74) is 1.69. The summed E-state index contributed by atoms with van der Waals surface area (Å²) >= 11 is 0. The van der Waals surface area contributed by atoms with Gasteiger partial charge < -0.3 is 10.6 Å². The van der Waals surface area contributed by atoms with E-state index in [0.717, 1.165) is 16.7 Å². The second kappa shape index (κ2) is 9.28. The minimum Gasteiger partial charge on any atom is -0.352 e. The molecule has 0 saturated carbocycles. The van der Waals surface area contributed by atoms with Gasteiger partial charge in [0.25, 0.3) is 11.8 Å². The van der Waals surface area contributed by atoms with Gasteiger partial charge in [0.2, 0.25) is 0 Å². The molecule has 0 radical (unpaired) electrons. The standard InChI is InChI=1S/C27H28N4O2/c1-19(2)17-29-24(32)21-11-9-10-20(16-21)18-31-25(33)27(30-26(31)28,22-12-5-3-6-13-22)23-14-7-4-8-15-23/h3-16,19H,17-18H2,1-2H3,(H2,28,30)(H,29,32). The predicted octanol–water partition coefficient (Wildman–Crippen LogP) is 3.88. The highest BCUT2D eigenvalue weighted by Gasteiger charge is 2.52. The van der Waals surface area contributed by atoms with Gasteiger partial charge in [-0.05, 0) is 34.7 Å². The van der Waals surface area contributed by atoms with E-state index >= 15 is 0 Å². The van der Waals surface area contributed by atoms with Crippen molar-refractivity contribution in [2.75, 3.05) is 6.54 Å². The minimum absolute atomic E-state index is 0.0300. The van der Waals surface area contributed by atoms with Crippen molar-refractivity contribution in [1.29, 1.82) is 5.41 Å². The number of nitrogens with zero attached hydrogens (tertiary/aromatic N) is 1. The lowest BCUT2D eigenvalue weighted by Crippen LogP contribution is -2.45. The number of hydrogen-bond donors (Lipinski definition) is 3. The van der Waals surface area contributed by atoms with Crippen molar-refractivity contribution in [2.45, 2.75) is 25.9 Å². The highest BCUT2D eigenvalue weighted by Crippen LogP contribution is 2.36. The molecule has 0 aromatic heterocycles. The van der Waals surface area contributed by atoms with Crippen LogP contribution in [0, 0.1) is 11.3 Å². The van der Waals surface area contributed by atoms with Gasteiger partial charge in [0.1, 0.15) is 0 Å². The molecule has 3 aromatic rings. The molecule has 0 atom stereocenters. The zero-order valence-electron chi connectivity index (χ0n) is 18.8. The molecule has 1 aliphatic heterocycles. The van der Waals surface area contributed by atoms with E-state index in [2.05, 4.69) is 10.6 Å². The molecule has 3 N–H and O–H groups in total. The van der Waals surface area contributed by atoms with E-state index < -0.39 is 5.54 Å². The Labute approximate surface area is 194 Å². The average molecular weight is 441 g/mol. The third-order valence-electron chi connectivity index (χ3n) is 5.76. The summed E-state index contributed by atoms with van der Waals surface area (Å²) in [5, 5.41) is 14.7. The maximum absolute atomic E-state index is 13.9. The lowest BCUT2D eigenvalue weighted by atomic mass is 9.82. The number of rotatable bonds is 7. The van der Waals surface area contributed by atoms with Crippen LogP contribution in [-0.4, -0.2) is 29.2 Å². The maximum atomic E-state index is 13.9. The Morgan fingerprint density at radius 1 is 0.970 bits per heavy atom. The largest absolute Gasteiger partial charge is 0.352 e. The first-order valence-corrected chi connectivity index (χ1v) is 11.1. The normalized spacial score (nSPS) is 14.9. The van der Waals surface area contributed by atoms with Crippen LogP contribution in [0.5, 0.6) is 0 Å². The SMILES string of the molecule is CC(C)CNC(=O)c1cccc(CN2C(=N)NC(c3ccccc3)(c3ccccc3)C2=O)c1. The van der Waals surface area contributed by atoms with Crippen molar-refractivity contribution in [3.8, 4) is 0 Å². The Morgan fingerprint density at radius 3 is 2.15 bits per heavy atom. The monoisotopic (exact) mass is 440 g/mol. The van der Waals surface area contributed by atoms with Gasteiger partial charge in [-0.25, -0.2) is 0 Å². The van der Waals surface area contributed by atoms with Gasteiger partial charge in [-0.3, -0.25) is 19.9 Å². The summed E-state index contributed by atoms with van der Waals surface area (Å²) in [6.45, 7) is 4.87. The second-order valence-electron chi connectivity index (χ2n) is 8.65. The number of carbonyl (C=O) groups is 2. The van der Waals surface area contributed by atoms with Crippen LogP contribution < -0.4 is 10.6 Å². The van der Waals surface area contributed by atoms with Crippen molar-refractivity contribution >= 4 is 17.8 Å². The fourth-order valence-corrected chi connectivity index (χ4v) is 4.08. The highest BCUT2D eigenvalue weighted by atomic mass is 16.2. The summed E-state index contributed by atoms with van der Waals surface area (Å²) in [5.74, 6) is 0.0198. The fraction of sp³-hybridized carbons (Fsp3) is 0.222. The summed E-state index contributed by atoms with van der Waals surface area (Å²) in [6, 6.07) is 26.2. The Hall–Kier alpha value is -3.93. The summed E-state index contributed by atoms with van der Waals surface area (Å²) in [4.78, 5) is 27.8. The molecule has 0 aliphatic carbocycles. The predicted molar refractivity (Wildman–Crippen MR) is 129 cm³/mol. The van der Waals surface area contributed by atoms with Gasteiger partial charge in [-0.1, -0.05) is 86.6 Å². The van der Waals surface area contributed by atoms with E-state index in [1.807, 2.05) is 80.6 Å². The van der Waals surface area contributed by atoms with E-state index in [9.17, 15) is 9.59 Å². The smallest absolute Gasteiger partial charge is 0.264 e. The minimum atomic E-state index is -1.17. The zero-order chi connectivity index (χ0) is 23.4. The molecule has 1 aliphatic rings. The van der Waals surface area contributed by atoms with Gasteiger partial charge in [0, 0.05) is 12.1 Å². The number of nitrogens with one attached hydrogen (secondary N) is 3. The molecular formula is C27H28N4O2. The first kappa shape index (κ1) is 22.3. The van der Waals surface area contributed by atoms with Crippen LogP contribution in [0.1, 0.15) is 40.9 Å². The van der Waals surface area contributed by atoms with E-state index in [1.165, 1.54) is 4.90 Å². The molecule has 6 nitrogen and oxygen atoms in total. The quantitative estimate of drug-likeness (QED) is 0.521.